The van der Waals surface area contributed by atoms with Crippen molar-refractivity contribution in [2.75, 3.05) is 13.2 Å². The average Bonchev–Trinajstić information content (AvgIpc) is 2.13. The average molecular weight is 466 g/mol. The molecule has 16 heavy (non-hydrogen) atoms. The molecule has 0 bridgehead atoms. The van der Waals surface area contributed by atoms with Gasteiger partial charge in [-0.05, 0) is 19.8 Å². The SMILES string of the molecule is C=C(C)COCCCCCCCC([SiH3])(I)I. The van der Waals surface area contributed by atoms with Gasteiger partial charge in [0.2, 0.25) is 0 Å². The lowest BCUT2D eigenvalue weighted by molar-refractivity contribution is 0.151. The lowest BCUT2D eigenvalue weighted by atomic mass is 10.1. The van der Waals surface area contributed by atoms with E-state index < -0.39 is 0 Å². The maximum Gasteiger partial charge on any atom is 0.0671 e. The van der Waals surface area contributed by atoms with Crippen LogP contribution < -0.4 is 0 Å². The fourth-order valence-electron chi connectivity index (χ4n) is 1.42. The Morgan fingerprint density at radius 3 is 2.31 bits per heavy atom. The highest BCUT2D eigenvalue weighted by Crippen LogP contribution is 2.29. The van der Waals surface area contributed by atoms with Gasteiger partial charge in [-0.15, -0.1) is 0 Å². The van der Waals surface area contributed by atoms with Crippen LogP contribution in [0, 0.1) is 0 Å². The van der Waals surface area contributed by atoms with Gasteiger partial charge in [0.25, 0.3) is 0 Å². The molecular formula is C12H24I2OSi. The van der Waals surface area contributed by atoms with Crippen LogP contribution in [0.5, 0.6) is 0 Å². The summed E-state index contributed by atoms with van der Waals surface area (Å²) in [5, 5.41) is 0. The zero-order valence-electron chi connectivity index (χ0n) is 10.5. The minimum atomic E-state index is 0.583. The molecule has 0 radical (unpaired) electrons. The van der Waals surface area contributed by atoms with Crippen molar-refractivity contribution in [1.29, 1.82) is 0 Å². The van der Waals surface area contributed by atoms with Gasteiger partial charge in [-0.25, -0.2) is 0 Å². The number of unbranched alkanes of at least 4 members (excludes halogenated alkanes) is 4. The molecule has 0 aromatic rings. The van der Waals surface area contributed by atoms with Gasteiger partial charge in [0, 0.05) is 16.8 Å². The minimum absolute atomic E-state index is 0.583. The van der Waals surface area contributed by atoms with E-state index in [4.69, 9.17) is 4.74 Å². The highest BCUT2D eigenvalue weighted by Gasteiger charge is 2.12. The Bertz CT molecular complexity index is 190. The van der Waals surface area contributed by atoms with E-state index in [-0.39, 0.29) is 0 Å². The highest BCUT2D eigenvalue weighted by molar-refractivity contribution is 14.2. The molecule has 0 unspecified atom stereocenters. The first-order valence-corrected chi connectivity index (χ1v) is 9.17. The van der Waals surface area contributed by atoms with Crippen molar-refractivity contribution in [3.63, 3.8) is 0 Å². The number of hydrogen-bond donors (Lipinski definition) is 0. The van der Waals surface area contributed by atoms with Crippen molar-refractivity contribution in [2.45, 2.75) is 46.5 Å². The summed E-state index contributed by atoms with van der Waals surface area (Å²) in [6, 6.07) is 0. The second kappa shape index (κ2) is 10.3. The van der Waals surface area contributed by atoms with Gasteiger partial charge in [0.15, 0.2) is 0 Å². The van der Waals surface area contributed by atoms with Crippen LogP contribution in [0.15, 0.2) is 12.2 Å². The Hall–Kier alpha value is 1.38. The zero-order chi connectivity index (χ0) is 12.4. The van der Waals surface area contributed by atoms with Gasteiger partial charge in [-0.1, -0.05) is 83.0 Å². The van der Waals surface area contributed by atoms with E-state index in [2.05, 4.69) is 51.8 Å². The van der Waals surface area contributed by atoms with Crippen LogP contribution in [0.4, 0.5) is 0 Å². The molecule has 0 amide bonds. The van der Waals surface area contributed by atoms with Gasteiger partial charge < -0.3 is 4.74 Å². The Kier molecular flexibility index (Phi) is 11.2. The summed E-state index contributed by atoms with van der Waals surface area (Å²) >= 11 is 5.16. The topological polar surface area (TPSA) is 9.23 Å². The van der Waals surface area contributed by atoms with E-state index in [0.717, 1.165) is 18.8 Å². The number of hydrogen-bond acceptors (Lipinski definition) is 1. The highest BCUT2D eigenvalue weighted by atomic mass is 127. The predicted octanol–water partition coefficient (Wildman–Crippen LogP) is 3.81. The second-order valence-electron chi connectivity index (χ2n) is 4.60. The number of alkyl halides is 2. The van der Waals surface area contributed by atoms with E-state index in [1.54, 1.807) is 0 Å². The number of ether oxygens (including phenoxy) is 1. The van der Waals surface area contributed by atoms with Crippen molar-refractivity contribution in [1.82, 2.24) is 0 Å². The Morgan fingerprint density at radius 2 is 1.75 bits per heavy atom. The Morgan fingerprint density at radius 1 is 1.19 bits per heavy atom. The fourth-order valence-corrected chi connectivity index (χ4v) is 2.53. The molecule has 0 atom stereocenters. The van der Waals surface area contributed by atoms with Gasteiger partial charge in [0.1, 0.15) is 0 Å². The third-order valence-corrected chi connectivity index (χ3v) is 3.83. The molecule has 0 aliphatic carbocycles. The van der Waals surface area contributed by atoms with Crippen LogP contribution in [0.2, 0.25) is 0 Å². The summed E-state index contributed by atoms with van der Waals surface area (Å²) in [5.41, 5.74) is 1.12. The van der Waals surface area contributed by atoms with Crippen LogP contribution in [0.25, 0.3) is 0 Å². The zero-order valence-corrected chi connectivity index (χ0v) is 16.8. The smallest absolute Gasteiger partial charge is 0.0671 e. The summed E-state index contributed by atoms with van der Waals surface area (Å²) in [5.74, 6) is 0. The maximum atomic E-state index is 5.46. The summed E-state index contributed by atoms with van der Waals surface area (Å²) in [7, 11) is 1.29. The molecule has 0 heterocycles. The van der Waals surface area contributed by atoms with Gasteiger partial charge in [0.05, 0.1) is 7.66 Å². The summed E-state index contributed by atoms with van der Waals surface area (Å²) in [6.45, 7) is 7.45. The van der Waals surface area contributed by atoms with Gasteiger partial charge in [-0.3, -0.25) is 0 Å². The standard InChI is InChI=1S/C12H24I2OSi/c1-11(2)10-15-9-7-5-3-4-6-8-12(13,14)16/h1,3-10H2,2,16H3. The molecule has 4 heteroatoms. The van der Waals surface area contributed by atoms with Crippen LogP contribution >= 0.6 is 45.2 Å². The number of halogens is 2. The van der Waals surface area contributed by atoms with Crippen molar-refractivity contribution in [3.8, 4) is 0 Å². The normalized spacial score (nSPS) is 11.9. The molecule has 0 aliphatic heterocycles. The first-order valence-electron chi connectivity index (χ1n) is 6.02. The monoisotopic (exact) mass is 466 g/mol. The van der Waals surface area contributed by atoms with Gasteiger partial charge >= 0.3 is 0 Å². The molecule has 1 nitrogen and oxygen atoms in total. The van der Waals surface area contributed by atoms with E-state index >= 15 is 0 Å². The third kappa shape index (κ3) is 15.4. The lowest BCUT2D eigenvalue weighted by Gasteiger charge is -2.13. The molecule has 0 aliphatic rings. The van der Waals surface area contributed by atoms with E-state index in [1.807, 2.05) is 6.92 Å². The molecule has 0 saturated heterocycles. The van der Waals surface area contributed by atoms with Crippen molar-refractivity contribution < 1.29 is 4.74 Å². The first-order chi connectivity index (χ1) is 7.42. The summed E-state index contributed by atoms with van der Waals surface area (Å²) in [6.07, 6.45) is 8.03. The van der Waals surface area contributed by atoms with Crippen LogP contribution in [-0.4, -0.2) is 24.5 Å². The minimum Gasteiger partial charge on any atom is -0.377 e. The molecule has 0 aromatic carbocycles. The first kappa shape index (κ1) is 17.4. The molecule has 0 rings (SSSR count). The largest absolute Gasteiger partial charge is 0.377 e. The molecule has 0 spiro atoms. The summed E-state index contributed by atoms with van der Waals surface area (Å²) in [4.78, 5) is 0. The molecule has 0 N–H and O–H groups in total. The van der Waals surface area contributed by atoms with Crippen molar-refractivity contribution in [3.05, 3.63) is 12.2 Å². The van der Waals surface area contributed by atoms with E-state index in [9.17, 15) is 0 Å². The quantitative estimate of drug-likeness (QED) is 0.157. The predicted molar refractivity (Wildman–Crippen MR) is 94.0 cm³/mol. The van der Waals surface area contributed by atoms with Gasteiger partial charge in [-0.2, -0.15) is 0 Å². The molecule has 0 aromatic heterocycles. The number of rotatable bonds is 10. The third-order valence-electron chi connectivity index (χ3n) is 2.25. The summed E-state index contributed by atoms with van der Waals surface area (Å²) < 4.78 is 6.04. The molecule has 0 fully saturated rings. The van der Waals surface area contributed by atoms with E-state index in [0.29, 0.717) is 1.05 Å². The van der Waals surface area contributed by atoms with Crippen LogP contribution in [0.3, 0.4) is 0 Å². The molecule has 0 saturated carbocycles. The van der Waals surface area contributed by atoms with Crippen molar-refractivity contribution >= 4 is 55.4 Å². The van der Waals surface area contributed by atoms with Crippen LogP contribution in [-0.2, 0) is 4.74 Å². The Balaban J connectivity index is 3.07. The Labute approximate surface area is 131 Å². The maximum absolute atomic E-state index is 5.46. The van der Waals surface area contributed by atoms with Crippen molar-refractivity contribution in [2.24, 2.45) is 0 Å². The van der Waals surface area contributed by atoms with E-state index in [1.165, 1.54) is 48.8 Å². The molecule has 96 valence electrons. The van der Waals surface area contributed by atoms with Crippen LogP contribution in [0.1, 0.15) is 45.4 Å². The molecular weight excluding hydrogens is 442 g/mol. The lowest BCUT2D eigenvalue weighted by Crippen LogP contribution is -2.09. The second-order valence-corrected chi connectivity index (χ2v) is 17.2. The fraction of sp³-hybridized carbons (Fsp3) is 0.833.